The molecule has 27 heavy (non-hydrogen) atoms. The molecule has 0 saturated carbocycles. The van der Waals surface area contributed by atoms with Crippen LogP contribution >= 0.6 is 0 Å². The van der Waals surface area contributed by atoms with Crippen molar-refractivity contribution in [2.75, 3.05) is 43.4 Å². The van der Waals surface area contributed by atoms with Crippen LogP contribution in [-0.2, 0) is 5.41 Å². The van der Waals surface area contributed by atoms with Crippen molar-refractivity contribution in [1.29, 1.82) is 0 Å². The number of para-hydroxylation sites is 1. The van der Waals surface area contributed by atoms with Crippen LogP contribution in [-0.4, -0.2) is 54.0 Å². The molecule has 0 bridgehead atoms. The number of hydrogen-bond donors (Lipinski definition) is 1. The molecule has 1 aromatic carbocycles. The molecule has 6 nitrogen and oxygen atoms in total. The van der Waals surface area contributed by atoms with Crippen LogP contribution in [0, 0.1) is 6.92 Å². The lowest BCUT2D eigenvalue weighted by atomic mass is 9.86. The second kappa shape index (κ2) is 7.64. The molecule has 0 atom stereocenters. The summed E-state index contributed by atoms with van der Waals surface area (Å²) in [7, 11) is 2.12. The average Bonchev–Trinajstić information content (AvgIpc) is 2.61. The van der Waals surface area contributed by atoms with Gasteiger partial charge >= 0.3 is 0 Å². The first-order valence-electron chi connectivity index (χ1n) is 9.44. The molecule has 0 aliphatic carbocycles. The molecule has 1 N–H and O–H groups in total. The largest absolute Gasteiger partial charge is 0.354 e. The number of anilines is 2. The minimum absolute atomic E-state index is 0.0591. The minimum atomic E-state index is -0.201. The standard InChI is InChI=1S/C21H29N5O/c1-15-22-18(14-19(23-15)26-12-10-25(5)11-13-26)20(27)24-17-9-7-6-8-16(17)21(2,3)4/h6-9,14H,10-13H2,1-5H3,(H,24,27). The highest BCUT2D eigenvalue weighted by molar-refractivity contribution is 6.03. The van der Waals surface area contributed by atoms with Crippen LogP contribution < -0.4 is 10.2 Å². The van der Waals surface area contributed by atoms with Gasteiger partial charge in [-0.2, -0.15) is 0 Å². The summed E-state index contributed by atoms with van der Waals surface area (Å²) < 4.78 is 0. The third-order valence-electron chi connectivity index (χ3n) is 4.87. The summed E-state index contributed by atoms with van der Waals surface area (Å²) in [6.45, 7) is 12.0. The fraction of sp³-hybridized carbons (Fsp3) is 0.476. The van der Waals surface area contributed by atoms with Crippen molar-refractivity contribution in [3.63, 3.8) is 0 Å². The number of hydrogen-bond acceptors (Lipinski definition) is 5. The van der Waals surface area contributed by atoms with Crippen LogP contribution in [0.25, 0.3) is 0 Å². The molecular formula is C21H29N5O. The van der Waals surface area contributed by atoms with Gasteiger partial charge in [-0.25, -0.2) is 9.97 Å². The Balaban J connectivity index is 1.84. The number of nitrogens with one attached hydrogen (secondary N) is 1. The summed E-state index contributed by atoms with van der Waals surface area (Å²) >= 11 is 0. The number of amides is 1. The quantitative estimate of drug-likeness (QED) is 0.903. The van der Waals surface area contributed by atoms with Gasteiger partial charge in [0.1, 0.15) is 17.3 Å². The zero-order chi connectivity index (χ0) is 19.6. The molecule has 0 unspecified atom stereocenters. The first kappa shape index (κ1) is 19.3. The minimum Gasteiger partial charge on any atom is -0.354 e. The summed E-state index contributed by atoms with van der Waals surface area (Å²) in [5.41, 5.74) is 2.27. The van der Waals surface area contributed by atoms with Gasteiger partial charge in [0.25, 0.3) is 5.91 Å². The third kappa shape index (κ3) is 4.63. The van der Waals surface area contributed by atoms with E-state index in [4.69, 9.17) is 0 Å². The van der Waals surface area contributed by atoms with E-state index in [0.717, 1.165) is 43.2 Å². The van der Waals surface area contributed by atoms with Crippen LogP contribution in [0.2, 0.25) is 0 Å². The lowest BCUT2D eigenvalue weighted by molar-refractivity contribution is 0.102. The zero-order valence-electron chi connectivity index (χ0n) is 16.9. The van der Waals surface area contributed by atoms with E-state index in [2.05, 4.69) is 59.0 Å². The first-order chi connectivity index (χ1) is 12.7. The first-order valence-corrected chi connectivity index (χ1v) is 9.44. The Labute approximate surface area is 161 Å². The number of piperazine rings is 1. The Morgan fingerprint density at radius 2 is 1.74 bits per heavy atom. The summed E-state index contributed by atoms with van der Waals surface area (Å²) in [6.07, 6.45) is 0. The molecular weight excluding hydrogens is 338 g/mol. The van der Waals surface area contributed by atoms with Gasteiger partial charge in [0, 0.05) is 37.9 Å². The molecule has 144 valence electrons. The molecule has 2 heterocycles. The molecule has 1 aromatic heterocycles. The van der Waals surface area contributed by atoms with Crippen molar-refractivity contribution < 1.29 is 4.79 Å². The number of rotatable bonds is 3. The van der Waals surface area contributed by atoms with Crippen molar-refractivity contribution in [1.82, 2.24) is 14.9 Å². The predicted octanol–water partition coefficient (Wildman–Crippen LogP) is 3.09. The molecule has 0 spiro atoms. The topological polar surface area (TPSA) is 61.4 Å². The molecule has 0 radical (unpaired) electrons. The summed E-state index contributed by atoms with van der Waals surface area (Å²) in [5.74, 6) is 1.23. The summed E-state index contributed by atoms with van der Waals surface area (Å²) in [6, 6.07) is 9.72. The zero-order valence-corrected chi connectivity index (χ0v) is 16.9. The van der Waals surface area contributed by atoms with Crippen LogP contribution in [0.5, 0.6) is 0 Å². The van der Waals surface area contributed by atoms with Gasteiger partial charge in [-0.05, 0) is 31.0 Å². The van der Waals surface area contributed by atoms with E-state index in [1.54, 1.807) is 6.07 Å². The number of benzene rings is 1. The second-order valence-corrected chi connectivity index (χ2v) is 8.20. The number of likely N-dealkylation sites (N-methyl/N-ethyl adjacent to an activating group) is 1. The number of aryl methyl sites for hydroxylation is 1. The van der Waals surface area contributed by atoms with E-state index in [0.29, 0.717) is 11.5 Å². The van der Waals surface area contributed by atoms with E-state index < -0.39 is 0 Å². The highest BCUT2D eigenvalue weighted by Crippen LogP contribution is 2.29. The lowest BCUT2D eigenvalue weighted by Crippen LogP contribution is -2.45. The van der Waals surface area contributed by atoms with Crippen molar-refractivity contribution in [3.8, 4) is 0 Å². The highest BCUT2D eigenvalue weighted by atomic mass is 16.1. The second-order valence-electron chi connectivity index (χ2n) is 8.20. The van der Waals surface area contributed by atoms with E-state index in [1.165, 1.54) is 0 Å². The molecule has 1 amide bonds. The summed E-state index contributed by atoms with van der Waals surface area (Å²) in [5, 5.41) is 3.04. The Morgan fingerprint density at radius 3 is 2.41 bits per heavy atom. The van der Waals surface area contributed by atoms with Crippen molar-refractivity contribution in [2.45, 2.75) is 33.1 Å². The number of aromatic nitrogens is 2. The number of carbonyl (C=O) groups is 1. The fourth-order valence-corrected chi connectivity index (χ4v) is 3.30. The molecule has 1 fully saturated rings. The van der Waals surface area contributed by atoms with Gasteiger partial charge in [0.15, 0.2) is 0 Å². The van der Waals surface area contributed by atoms with Crippen LogP contribution in [0.15, 0.2) is 30.3 Å². The molecule has 1 aliphatic heterocycles. The van der Waals surface area contributed by atoms with Crippen molar-refractivity contribution >= 4 is 17.4 Å². The van der Waals surface area contributed by atoms with E-state index in [-0.39, 0.29) is 11.3 Å². The number of carbonyl (C=O) groups excluding carboxylic acids is 1. The van der Waals surface area contributed by atoms with Crippen LogP contribution in [0.3, 0.4) is 0 Å². The maximum absolute atomic E-state index is 12.9. The lowest BCUT2D eigenvalue weighted by Gasteiger charge is -2.33. The fourth-order valence-electron chi connectivity index (χ4n) is 3.30. The number of nitrogens with zero attached hydrogens (tertiary/aromatic N) is 4. The third-order valence-corrected chi connectivity index (χ3v) is 4.87. The normalized spacial score (nSPS) is 15.7. The Morgan fingerprint density at radius 1 is 1.07 bits per heavy atom. The smallest absolute Gasteiger partial charge is 0.274 e. The van der Waals surface area contributed by atoms with E-state index >= 15 is 0 Å². The monoisotopic (exact) mass is 367 g/mol. The van der Waals surface area contributed by atoms with E-state index in [1.807, 2.05) is 25.1 Å². The van der Waals surface area contributed by atoms with Crippen molar-refractivity contribution in [3.05, 3.63) is 47.4 Å². The Hall–Kier alpha value is -2.47. The average molecular weight is 367 g/mol. The van der Waals surface area contributed by atoms with Gasteiger partial charge in [0.05, 0.1) is 0 Å². The maximum Gasteiger partial charge on any atom is 0.274 e. The molecule has 3 rings (SSSR count). The molecule has 6 heteroatoms. The molecule has 1 saturated heterocycles. The Bertz CT molecular complexity index is 820. The molecule has 1 aliphatic rings. The maximum atomic E-state index is 12.9. The van der Waals surface area contributed by atoms with Crippen molar-refractivity contribution in [2.24, 2.45) is 0 Å². The van der Waals surface area contributed by atoms with Gasteiger partial charge in [-0.1, -0.05) is 39.0 Å². The predicted molar refractivity (Wildman–Crippen MR) is 110 cm³/mol. The van der Waals surface area contributed by atoms with Crippen LogP contribution in [0.4, 0.5) is 11.5 Å². The van der Waals surface area contributed by atoms with Gasteiger partial charge in [-0.15, -0.1) is 0 Å². The molecule has 2 aromatic rings. The van der Waals surface area contributed by atoms with Gasteiger partial charge < -0.3 is 15.1 Å². The van der Waals surface area contributed by atoms with Crippen LogP contribution in [0.1, 0.15) is 42.6 Å². The van der Waals surface area contributed by atoms with Gasteiger partial charge in [-0.3, -0.25) is 4.79 Å². The summed E-state index contributed by atoms with van der Waals surface area (Å²) in [4.78, 5) is 26.3. The highest BCUT2D eigenvalue weighted by Gasteiger charge is 2.21. The van der Waals surface area contributed by atoms with E-state index in [9.17, 15) is 4.79 Å². The van der Waals surface area contributed by atoms with Gasteiger partial charge in [0.2, 0.25) is 0 Å². The Kier molecular flexibility index (Phi) is 5.46. The SMILES string of the molecule is Cc1nc(C(=O)Nc2ccccc2C(C)(C)C)cc(N2CCN(C)CC2)n1.